The summed E-state index contributed by atoms with van der Waals surface area (Å²) in [5.74, 6) is 0.879. The van der Waals surface area contributed by atoms with Crippen LogP contribution in [0.4, 0.5) is 0 Å². The Labute approximate surface area is 82.5 Å². The Morgan fingerprint density at radius 1 is 1.23 bits per heavy atom. The summed E-state index contributed by atoms with van der Waals surface area (Å²) in [6, 6.07) is 0.858. The van der Waals surface area contributed by atoms with Crippen LogP contribution in [0.3, 0.4) is 0 Å². The van der Waals surface area contributed by atoms with E-state index in [1.807, 2.05) is 0 Å². The molecule has 1 fully saturated rings. The molecule has 0 heterocycles. The summed E-state index contributed by atoms with van der Waals surface area (Å²) in [6.45, 7) is 8.04. The van der Waals surface area contributed by atoms with Gasteiger partial charge in [-0.3, -0.25) is 0 Å². The summed E-state index contributed by atoms with van der Waals surface area (Å²) in [5.41, 5.74) is 0. The maximum Gasteiger partial charge on any atom is 0.00793 e. The normalized spacial score (nSPS) is 18.9. The van der Waals surface area contributed by atoms with Gasteiger partial charge in [-0.05, 0) is 31.7 Å². The third-order valence-corrected chi connectivity index (χ3v) is 2.82. The van der Waals surface area contributed by atoms with E-state index in [0.29, 0.717) is 0 Å². The molecule has 0 amide bonds. The number of hydrogen-bond donors (Lipinski definition) is 2. The molecule has 1 aliphatic rings. The number of rotatable bonds is 8. The molecule has 2 nitrogen and oxygen atoms in total. The Morgan fingerprint density at radius 2 is 2.00 bits per heavy atom. The van der Waals surface area contributed by atoms with Crippen molar-refractivity contribution in [2.75, 3.05) is 19.6 Å². The molecule has 2 heteroatoms. The topological polar surface area (TPSA) is 24.1 Å². The van der Waals surface area contributed by atoms with E-state index in [0.717, 1.165) is 25.0 Å². The highest BCUT2D eigenvalue weighted by molar-refractivity contribution is 4.80. The second kappa shape index (κ2) is 6.39. The van der Waals surface area contributed by atoms with Crippen molar-refractivity contribution in [2.45, 2.75) is 45.6 Å². The van der Waals surface area contributed by atoms with Crippen LogP contribution in [0.15, 0.2) is 0 Å². The first-order valence-electron chi connectivity index (χ1n) is 5.77. The molecule has 0 spiro atoms. The summed E-state index contributed by atoms with van der Waals surface area (Å²) in [7, 11) is 0. The molecular formula is C11H24N2. The summed E-state index contributed by atoms with van der Waals surface area (Å²) >= 11 is 0. The van der Waals surface area contributed by atoms with Crippen molar-refractivity contribution in [3.05, 3.63) is 0 Å². The summed E-state index contributed by atoms with van der Waals surface area (Å²) in [4.78, 5) is 0. The fourth-order valence-electron chi connectivity index (χ4n) is 1.33. The van der Waals surface area contributed by atoms with Crippen LogP contribution in [0.2, 0.25) is 0 Å². The summed E-state index contributed by atoms with van der Waals surface area (Å²) in [5, 5.41) is 6.97. The molecule has 13 heavy (non-hydrogen) atoms. The minimum atomic E-state index is 0.858. The first kappa shape index (κ1) is 11.0. The average Bonchev–Trinajstić information content (AvgIpc) is 2.94. The van der Waals surface area contributed by atoms with Gasteiger partial charge in [0.1, 0.15) is 0 Å². The van der Waals surface area contributed by atoms with E-state index in [1.54, 1.807) is 0 Å². The van der Waals surface area contributed by atoms with Crippen molar-refractivity contribution < 1.29 is 0 Å². The molecular weight excluding hydrogens is 160 g/mol. The molecule has 0 bridgehead atoms. The van der Waals surface area contributed by atoms with E-state index >= 15 is 0 Å². The van der Waals surface area contributed by atoms with Crippen molar-refractivity contribution >= 4 is 0 Å². The van der Waals surface area contributed by atoms with Crippen LogP contribution in [0.25, 0.3) is 0 Å². The second-order valence-corrected chi connectivity index (χ2v) is 4.28. The van der Waals surface area contributed by atoms with Gasteiger partial charge >= 0.3 is 0 Å². The summed E-state index contributed by atoms with van der Waals surface area (Å²) in [6.07, 6.45) is 5.42. The van der Waals surface area contributed by atoms with Gasteiger partial charge in [0.2, 0.25) is 0 Å². The van der Waals surface area contributed by atoms with E-state index < -0.39 is 0 Å². The maximum atomic E-state index is 3.50. The van der Waals surface area contributed by atoms with Crippen LogP contribution in [0.1, 0.15) is 39.5 Å². The van der Waals surface area contributed by atoms with Crippen molar-refractivity contribution in [3.63, 3.8) is 0 Å². The maximum absolute atomic E-state index is 3.50. The van der Waals surface area contributed by atoms with Crippen LogP contribution in [-0.4, -0.2) is 25.7 Å². The molecule has 1 rings (SSSR count). The van der Waals surface area contributed by atoms with Crippen LogP contribution >= 0.6 is 0 Å². The van der Waals surface area contributed by atoms with Gasteiger partial charge in [0, 0.05) is 19.1 Å². The standard InChI is InChI=1S/C11H24N2/c1-3-10(2)6-7-12-8-9-13-11-4-5-11/h10-13H,3-9H2,1-2H3. The lowest BCUT2D eigenvalue weighted by Gasteiger charge is -2.09. The van der Waals surface area contributed by atoms with Crippen molar-refractivity contribution in [3.8, 4) is 0 Å². The Bertz CT molecular complexity index is 121. The molecule has 0 radical (unpaired) electrons. The summed E-state index contributed by atoms with van der Waals surface area (Å²) < 4.78 is 0. The van der Waals surface area contributed by atoms with Gasteiger partial charge in [0.25, 0.3) is 0 Å². The lowest BCUT2D eigenvalue weighted by atomic mass is 10.1. The van der Waals surface area contributed by atoms with Gasteiger partial charge in [-0.2, -0.15) is 0 Å². The van der Waals surface area contributed by atoms with Crippen LogP contribution < -0.4 is 10.6 Å². The lowest BCUT2D eigenvalue weighted by molar-refractivity contribution is 0.484. The molecule has 0 saturated heterocycles. The molecule has 0 aromatic heterocycles. The third kappa shape index (κ3) is 6.05. The van der Waals surface area contributed by atoms with Crippen molar-refractivity contribution in [1.82, 2.24) is 10.6 Å². The highest BCUT2D eigenvalue weighted by atomic mass is 15.0. The molecule has 78 valence electrons. The van der Waals surface area contributed by atoms with Gasteiger partial charge in [-0.25, -0.2) is 0 Å². The minimum absolute atomic E-state index is 0.858. The van der Waals surface area contributed by atoms with Gasteiger partial charge in [-0.1, -0.05) is 20.3 Å². The molecule has 1 aliphatic carbocycles. The lowest BCUT2D eigenvalue weighted by Crippen LogP contribution is -2.29. The van der Waals surface area contributed by atoms with Crippen molar-refractivity contribution in [2.24, 2.45) is 5.92 Å². The predicted molar refractivity (Wildman–Crippen MR) is 58.0 cm³/mol. The third-order valence-electron chi connectivity index (χ3n) is 2.82. The average molecular weight is 184 g/mol. The van der Waals surface area contributed by atoms with Crippen LogP contribution in [0, 0.1) is 5.92 Å². The van der Waals surface area contributed by atoms with Crippen molar-refractivity contribution in [1.29, 1.82) is 0 Å². The van der Waals surface area contributed by atoms with E-state index in [4.69, 9.17) is 0 Å². The van der Waals surface area contributed by atoms with Gasteiger partial charge < -0.3 is 10.6 Å². The number of hydrogen-bond acceptors (Lipinski definition) is 2. The van der Waals surface area contributed by atoms with Crippen LogP contribution in [0.5, 0.6) is 0 Å². The van der Waals surface area contributed by atoms with Gasteiger partial charge in [0.05, 0.1) is 0 Å². The smallest absolute Gasteiger partial charge is 0.00793 e. The first-order chi connectivity index (χ1) is 6.33. The second-order valence-electron chi connectivity index (χ2n) is 4.28. The molecule has 1 unspecified atom stereocenters. The molecule has 2 N–H and O–H groups in total. The highest BCUT2D eigenvalue weighted by Gasteiger charge is 2.19. The molecule has 1 saturated carbocycles. The Hall–Kier alpha value is -0.0800. The zero-order chi connectivity index (χ0) is 9.52. The molecule has 0 aliphatic heterocycles. The minimum Gasteiger partial charge on any atom is -0.315 e. The zero-order valence-corrected chi connectivity index (χ0v) is 9.10. The SMILES string of the molecule is CCC(C)CCNCCNC1CC1. The zero-order valence-electron chi connectivity index (χ0n) is 9.10. The Balaban J connectivity index is 1.72. The molecule has 0 aromatic rings. The Kier molecular flexibility index (Phi) is 5.40. The fraction of sp³-hybridized carbons (Fsp3) is 1.00. The van der Waals surface area contributed by atoms with E-state index in [2.05, 4.69) is 24.5 Å². The molecule has 1 atom stereocenters. The highest BCUT2D eigenvalue weighted by Crippen LogP contribution is 2.17. The fourth-order valence-corrected chi connectivity index (χ4v) is 1.33. The van der Waals surface area contributed by atoms with Crippen LogP contribution in [-0.2, 0) is 0 Å². The van der Waals surface area contributed by atoms with E-state index in [1.165, 1.54) is 32.2 Å². The monoisotopic (exact) mass is 184 g/mol. The van der Waals surface area contributed by atoms with Gasteiger partial charge in [0.15, 0.2) is 0 Å². The van der Waals surface area contributed by atoms with E-state index in [9.17, 15) is 0 Å². The first-order valence-corrected chi connectivity index (χ1v) is 5.77. The van der Waals surface area contributed by atoms with Gasteiger partial charge in [-0.15, -0.1) is 0 Å². The number of nitrogens with one attached hydrogen (secondary N) is 2. The largest absolute Gasteiger partial charge is 0.315 e. The molecule has 0 aromatic carbocycles. The van der Waals surface area contributed by atoms with E-state index in [-0.39, 0.29) is 0 Å². The Morgan fingerprint density at radius 3 is 2.62 bits per heavy atom. The quantitative estimate of drug-likeness (QED) is 0.562. The predicted octanol–water partition coefficient (Wildman–Crippen LogP) is 1.76.